The largest absolute Gasteiger partial charge is 0.362 e. The first-order valence-electron chi connectivity index (χ1n) is 6.18. The molecule has 0 amide bonds. The van der Waals surface area contributed by atoms with Crippen molar-refractivity contribution in [3.63, 3.8) is 0 Å². The zero-order valence-corrected chi connectivity index (χ0v) is 10.8. The molecule has 0 bridgehead atoms. The summed E-state index contributed by atoms with van der Waals surface area (Å²) in [5, 5.41) is 12.1. The van der Waals surface area contributed by atoms with Crippen LogP contribution < -0.4 is 5.32 Å². The van der Waals surface area contributed by atoms with Crippen LogP contribution in [0.2, 0.25) is 0 Å². The van der Waals surface area contributed by atoms with Gasteiger partial charge in [-0.2, -0.15) is 5.26 Å². The topological polar surface area (TPSA) is 90.3 Å². The van der Waals surface area contributed by atoms with Gasteiger partial charge in [-0.05, 0) is 24.6 Å². The van der Waals surface area contributed by atoms with Crippen LogP contribution in [0.3, 0.4) is 0 Å². The smallest absolute Gasteiger partial charge is 0.182 e. The summed E-state index contributed by atoms with van der Waals surface area (Å²) in [4.78, 5) is 15.4. The van der Waals surface area contributed by atoms with E-state index in [-0.39, 0.29) is 6.04 Å². The third-order valence-electron chi connectivity index (χ3n) is 3.12. The van der Waals surface area contributed by atoms with Gasteiger partial charge in [-0.1, -0.05) is 12.1 Å². The normalized spacial score (nSPS) is 12.0. The molecule has 0 aliphatic heterocycles. The fraction of sp³-hybridized carbons (Fsp3) is 0.143. The van der Waals surface area contributed by atoms with Gasteiger partial charge in [0.25, 0.3) is 0 Å². The molecule has 6 nitrogen and oxygen atoms in total. The molecule has 20 heavy (non-hydrogen) atoms. The van der Waals surface area contributed by atoms with Gasteiger partial charge in [0.15, 0.2) is 11.5 Å². The van der Waals surface area contributed by atoms with E-state index in [0.717, 1.165) is 11.1 Å². The second-order valence-corrected chi connectivity index (χ2v) is 4.42. The molecule has 2 N–H and O–H groups in total. The number of nitrogens with one attached hydrogen (secondary N) is 2. The number of hydrogen-bond donors (Lipinski definition) is 2. The zero-order valence-electron chi connectivity index (χ0n) is 10.8. The van der Waals surface area contributed by atoms with Gasteiger partial charge in [-0.25, -0.2) is 15.0 Å². The van der Waals surface area contributed by atoms with Gasteiger partial charge in [0.1, 0.15) is 11.8 Å². The van der Waals surface area contributed by atoms with Crippen molar-refractivity contribution >= 4 is 17.0 Å². The number of H-pyrrole nitrogens is 1. The van der Waals surface area contributed by atoms with Crippen LogP contribution in [-0.4, -0.2) is 19.9 Å². The summed E-state index contributed by atoms with van der Waals surface area (Å²) in [5.74, 6) is 0.712. The maximum absolute atomic E-state index is 8.80. The Hall–Kier alpha value is -2.94. The highest BCUT2D eigenvalue weighted by Crippen LogP contribution is 2.21. The molecule has 2 heterocycles. The third kappa shape index (κ3) is 2.17. The summed E-state index contributed by atoms with van der Waals surface area (Å²) in [7, 11) is 0. The molecule has 6 heteroatoms. The fourth-order valence-electron chi connectivity index (χ4n) is 2.01. The first-order valence-corrected chi connectivity index (χ1v) is 6.18. The summed E-state index contributed by atoms with van der Waals surface area (Å²) >= 11 is 0. The Morgan fingerprint density at radius 3 is 2.75 bits per heavy atom. The quantitative estimate of drug-likeness (QED) is 0.758. The van der Waals surface area contributed by atoms with E-state index >= 15 is 0 Å². The SMILES string of the molecule is CC(Nc1ncnc2nc[nH]c12)c1ccc(C#N)cc1. The minimum Gasteiger partial charge on any atom is -0.362 e. The minimum atomic E-state index is 0.0594. The van der Waals surface area contributed by atoms with E-state index in [1.54, 1.807) is 18.5 Å². The van der Waals surface area contributed by atoms with Crippen LogP contribution in [0.4, 0.5) is 5.82 Å². The molecule has 3 rings (SSSR count). The van der Waals surface area contributed by atoms with Gasteiger partial charge >= 0.3 is 0 Å². The predicted octanol–water partition coefficient (Wildman–Crippen LogP) is 2.40. The number of imidazole rings is 1. The first kappa shape index (κ1) is 12.1. The lowest BCUT2D eigenvalue weighted by molar-refractivity contribution is 0.875. The molecular formula is C14H12N6. The Morgan fingerprint density at radius 2 is 2.00 bits per heavy atom. The number of nitriles is 1. The molecule has 1 atom stereocenters. The Morgan fingerprint density at radius 1 is 1.20 bits per heavy atom. The number of anilines is 1. The molecule has 0 fully saturated rings. The summed E-state index contributed by atoms with van der Waals surface area (Å²) in [6.07, 6.45) is 3.08. The van der Waals surface area contributed by atoms with Crippen molar-refractivity contribution < 1.29 is 0 Å². The molecule has 0 radical (unpaired) electrons. The van der Waals surface area contributed by atoms with Crippen LogP contribution >= 0.6 is 0 Å². The van der Waals surface area contributed by atoms with E-state index < -0.39 is 0 Å². The number of benzene rings is 1. The van der Waals surface area contributed by atoms with Crippen LogP contribution in [0.25, 0.3) is 11.2 Å². The van der Waals surface area contributed by atoms with Crippen LogP contribution in [-0.2, 0) is 0 Å². The summed E-state index contributed by atoms with van der Waals surface area (Å²) in [6, 6.07) is 9.64. The Balaban J connectivity index is 1.86. The van der Waals surface area contributed by atoms with E-state index in [2.05, 4.69) is 31.3 Å². The summed E-state index contributed by atoms with van der Waals surface area (Å²) in [5.41, 5.74) is 3.15. The van der Waals surface area contributed by atoms with Gasteiger partial charge in [-0.3, -0.25) is 0 Å². The number of rotatable bonds is 3. The van der Waals surface area contributed by atoms with Gasteiger partial charge < -0.3 is 10.3 Å². The minimum absolute atomic E-state index is 0.0594. The molecule has 98 valence electrons. The summed E-state index contributed by atoms with van der Waals surface area (Å²) in [6.45, 7) is 2.03. The fourth-order valence-corrected chi connectivity index (χ4v) is 2.01. The Kier molecular flexibility index (Phi) is 3.01. The third-order valence-corrected chi connectivity index (χ3v) is 3.12. The van der Waals surface area contributed by atoms with E-state index in [0.29, 0.717) is 17.0 Å². The van der Waals surface area contributed by atoms with Crippen molar-refractivity contribution in [3.05, 3.63) is 48.0 Å². The molecule has 0 aliphatic carbocycles. The van der Waals surface area contributed by atoms with Crippen molar-refractivity contribution in [1.82, 2.24) is 19.9 Å². The maximum Gasteiger partial charge on any atom is 0.182 e. The molecule has 1 unspecified atom stereocenters. The lowest BCUT2D eigenvalue weighted by atomic mass is 10.1. The van der Waals surface area contributed by atoms with Crippen LogP contribution in [0.1, 0.15) is 24.1 Å². The van der Waals surface area contributed by atoms with Crippen molar-refractivity contribution in [2.75, 3.05) is 5.32 Å². The standard InChI is InChI=1S/C14H12N6/c1-9(11-4-2-10(6-15)3-5-11)20-14-12-13(17-7-16-12)18-8-19-14/h2-5,7-9H,1H3,(H2,16,17,18,19,20). The molecule has 2 aromatic heterocycles. The van der Waals surface area contributed by atoms with Gasteiger partial charge in [0.2, 0.25) is 0 Å². The average Bonchev–Trinajstić information content (AvgIpc) is 2.97. The Labute approximate surface area is 115 Å². The number of aromatic amines is 1. The molecule has 1 aromatic carbocycles. The second kappa shape index (κ2) is 4.97. The van der Waals surface area contributed by atoms with E-state index in [9.17, 15) is 0 Å². The van der Waals surface area contributed by atoms with E-state index in [4.69, 9.17) is 5.26 Å². The average molecular weight is 264 g/mol. The zero-order chi connectivity index (χ0) is 13.9. The van der Waals surface area contributed by atoms with Crippen molar-refractivity contribution in [2.24, 2.45) is 0 Å². The molecular weight excluding hydrogens is 252 g/mol. The highest BCUT2D eigenvalue weighted by molar-refractivity contribution is 5.82. The van der Waals surface area contributed by atoms with E-state index in [1.165, 1.54) is 6.33 Å². The maximum atomic E-state index is 8.80. The lowest BCUT2D eigenvalue weighted by Crippen LogP contribution is -2.08. The van der Waals surface area contributed by atoms with Crippen LogP contribution in [0, 0.1) is 11.3 Å². The van der Waals surface area contributed by atoms with E-state index in [1.807, 2.05) is 19.1 Å². The lowest BCUT2D eigenvalue weighted by Gasteiger charge is -2.15. The number of hydrogen-bond acceptors (Lipinski definition) is 5. The number of fused-ring (bicyclic) bond motifs is 1. The monoisotopic (exact) mass is 264 g/mol. The number of nitrogens with zero attached hydrogens (tertiary/aromatic N) is 4. The van der Waals surface area contributed by atoms with Gasteiger partial charge in [0, 0.05) is 0 Å². The van der Waals surface area contributed by atoms with Crippen molar-refractivity contribution in [1.29, 1.82) is 5.26 Å². The van der Waals surface area contributed by atoms with Gasteiger partial charge in [0.05, 0.1) is 24.0 Å². The number of aromatic nitrogens is 4. The Bertz CT molecular complexity index is 768. The molecule has 0 spiro atoms. The first-order chi connectivity index (χ1) is 9.78. The molecule has 3 aromatic rings. The van der Waals surface area contributed by atoms with Crippen LogP contribution in [0.5, 0.6) is 0 Å². The summed E-state index contributed by atoms with van der Waals surface area (Å²) < 4.78 is 0. The molecule has 0 saturated carbocycles. The molecule has 0 aliphatic rings. The van der Waals surface area contributed by atoms with Crippen molar-refractivity contribution in [3.8, 4) is 6.07 Å². The highest BCUT2D eigenvalue weighted by atomic mass is 15.1. The van der Waals surface area contributed by atoms with Gasteiger partial charge in [-0.15, -0.1) is 0 Å². The molecule has 0 saturated heterocycles. The highest BCUT2D eigenvalue weighted by Gasteiger charge is 2.10. The second-order valence-electron chi connectivity index (χ2n) is 4.42. The van der Waals surface area contributed by atoms with Crippen LogP contribution in [0.15, 0.2) is 36.9 Å². The predicted molar refractivity (Wildman–Crippen MR) is 74.9 cm³/mol. The van der Waals surface area contributed by atoms with Crippen molar-refractivity contribution in [2.45, 2.75) is 13.0 Å².